The van der Waals surface area contributed by atoms with Crippen molar-refractivity contribution in [1.29, 1.82) is 0 Å². The van der Waals surface area contributed by atoms with Crippen LogP contribution < -0.4 is 4.74 Å². The smallest absolute Gasteiger partial charge is 0.119 e. The molecule has 0 aliphatic carbocycles. The lowest BCUT2D eigenvalue weighted by Gasteiger charge is -2.21. The number of benzene rings is 1. The quantitative estimate of drug-likeness (QED) is 0.806. The number of aliphatic hydroxyl groups excluding tert-OH is 1. The Morgan fingerprint density at radius 3 is 2.67 bits per heavy atom. The summed E-state index contributed by atoms with van der Waals surface area (Å²) < 4.78 is 5.20. The van der Waals surface area contributed by atoms with E-state index in [2.05, 4.69) is 26.0 Å². The summed E-state index contributed by atoms with van der Waals surface area (Å²) in [6.45, 7) is 4.46. The van der Waals surface area contributed by atoms with Gasteiger partial charge >= 0.3 is 0 Å². The molecule has 0 radical (unpaired) electrons. The number of aliphatic hydroxyl groups is 1. The highest BCUT2D eigenvalue weighted by Gasteiger charge is 2.16. The molecule has 2 nitrogen and oxygen atoms in total. The maximum atomic E-state index is 9.19. The van der Waals surface area contributed by atoms with Crippen LogP contribution in [0, 0.1) is 5.92 Å². The third-order valence-corrected chi connectivity index (χ3v) is 2.94. The van der Waals surface area contributed by atoms with Crippen molar-refractivity contribution < 1.29 is 9.84 Å². The zero-order valence-electron chi connectivity index (χ0n) is 9.73. The van der Waals surface area contributed by atoms with Gasteiger partial charge in [0.2, 0.25) is 0 Å². The molecule has 0 bridgehead atoms. The fourth-order valence-electron chi connectivity index (χ4n) is 1.97. The first-order chi connectivity index (χ1) is 7.22. The predicted octanol–water partition coefficient (Wildman–Crippen LogP) is 2.82. The van der Waals surface area contributed by atoms with Crippen LogP contribution in [0.2, 0.25) is 0 Å². The van der Waals surface area contributed by atoms with Crippen LogP contribution in [0.25, 0.3) is 0 Å². The molecule has 0 amide bonds. The van der Waals surface area contributed by atoms with E-state index in [1.807, 2.05) is 12.1 Å². The molecule has 0 saturated carbocycles. The standard InChI is InChI=1S/C13H20O2/c1-4-13(10(2)9-14)11-6-5-7-12(8-11)15-3/h5-8,10,13-14H,4,9H2,1-3H3/t10-,13?/m0/s1. The monoisotopic (exact) mass is 208 g/mol. The average Bonchev–Trinajstić information content (AvgIpc) is 2.30. The van der Waals surface area contributed by atoms with Gasteiger partial charge < -0.3 is 9.84 Å². The highest BCUT2D eigenvalue weighted by Crippen LogP contribution is 2.29. The molecule has 1 rings (SSSR count). The number of methoxy groups -OCH3 is 1. The van der Waals surface area contributed by atoms with Crippen LogP contribution in [0.3, 0.4) is 0 Å². The molecule has 1 unspecified atom stereocenters. The Bertz CT molecular complexity index is 296. The molecule has 1 aromatic rings. The van der Waals surface area contributed by atoms with Gasteiger partial charge in [0.05, 0.1) is 7.11 Å². The summed E-state index contributed by atoms with van der Waals surface area (Å²) in [5, 5.41) is 9.19. The molecule has 1 aromatic carbocycles. The molecule has 15 heavy (non-hydrogen) atoms. The summed E-state index contributed by atoms with van der Waals surface area (Å²) in [5.74, 6) is 1.59. The van der Waals surface area contributed by atoms with Gasteiger partial charge in [-0.3, -0.25) is 0 Å². The van der Waals surface area contributed by atoms with Gasteiger partial charge in [0.25, 0.3) is 0 Å². The summed E-state index contributed by atoms with van der Waals surface area (Å²) in [6, 6.07) is 8.10. The molecule has 2 heteroatoms. The number of hydrogen-bond donors (Lipinski definition) is 1. The molecule has 0 spiro atoms. The van der Waals surface area contributed by atoms with Gasteiger partial charge in [0, 0.05) is 6.61 Å². The van der Waals surface area contributed by atoms with Crippen molar-refractivity contribution in [3.63, 3.8) is 0 Å². The average molecular weight is 208 g/mol. The third-order valence-electron chi connectivity index (χ3n) is 2.94. The number of ether oxygens (including phenoxy) is 1. The van der Waals surface area contributed by atoms with E-state index in [1.165, 1.54) is 5.56 Å². The molecule has 0 aliphatic heterocycles. The minimum absolute atomic E-state index is 0.232. The van der Waals surface area contributed by atoms with Crippen LogP contribution in [0.4, 0.5) is 0 Å². The van der Waals surface area contributed by atoms with Crippen molar-refractivity contribution >= 4 is 0 Å². The van der Waals surface area contributed by atoms with Crippen LogP contribution in [0.5, 0.6) is 5.75 Å². The maximum absolute atomic E-state index is 9.19. The first-order valence-electron chi connectivity index (χ1n) is 5.47. The van der Waals surface area contributed by atoms with E-state index < -0.39 is 0 Å². The van der Waals surface area contributed by atoms with Crippen molar-refractivity contribution in [2.45, 2.75) is 26.2 Å². The van der Waals surface area contributed by atoms with Gasteiger partial charge in [0.1, 0.15) is 5.75 Å². The largest absolute Gasteiger partial charge is 0.497 e. The van der Waals surface area contributed by atoms with Crippen molar-refractivity contribution in [3.8, 4) is 5.75 Å². The lowest BCUT2D eigenvalue weighted by atomic mass is 9.85. The second-order valence-electron chi connectivity index (χ2n) is 3.95. The third kappa shape index (κ3) is 2.96. The second-order valence-corrected chi connectivity index (χ2v) is 3.95. The van der Waals surface area contributed by atoms with Crippen molar-refractivity contribution in [2.24, 2.45) is 5.92 Å². The molecule has 0 aromatic heterocycles. The van der Waals surface area contributed by atoms with Crippen LogP contribution in [0.1, 0.15) is 31.7 Å². The van der Waals surface area contributed by atoms with Crippen LogP contribution >= 0.6 is 0 Å². The molecular formula is C13H20O2. The lowest BCUT2D eigenvalue weighted by Crippen LogP contribution is -2.12. The van der Waals surface area contributed by atoms with Crippen molar-refractivity contribution in [2.75, 3.05) is 13.7 Å². The Hall–Kier alpha value is -1.02. The number of hydrogen-bond acceptors (Lipinski definition) is 2. The first-order valence-corrected chi connectivity index (χ1v) is 5.47. The Balaban J connectivity index is 2.91. The van der Waals surface area contributed by atoms with E-state index in [9.17, 15) is 5.11 Å². The fourth-order valence-corrected chi connectivity index (χ4v) is 1.97. The first kappa shape index (κ1) is 12.1. The van der Waals surface area contributed by atoms with E-state index in [0.717, 1.165) is 12.2 Å². The summed E-state index contributed by atoms with van der Waals surface area (Å²) >= 11 is 0. The van der Waals surface area contributed by atoms with Gasteiger partial charge in [-0.2, -0.15) is 0 Å². The van der Waals surface area contributed by atoms with Crippen molar-refractivity contribution in [3.05, 3.63) is 29.8 Å². The van der Waals surface area contributed by atoms with Gasteiger partial charge in [0.15, 0.2) is 0 Å². The second kappa shape index (κ2) is 5.76. The van der Waals surface area contributed by atoms with Gasteiger partial charge in [-0.25, -0.2) is 0 Å². The van der Waals surface area contributed by atoms with E-state index in [0.29, 0.717) is 11.8 Å². The number of rotatable bonds is 5. The minimum Gasteiger partial charge on any atom is -0.497 e. The SMILES string of the molecule is CCC(c1cccc(OC)c1)[C@@H](C)CO. The molecule has 0 fully saturated rings. The summed E-state index contributed by atoms with van der Waals surface area (Å²) in [7, 11) is 1.68. The molecule has 0 heterocycles. The maximum Gasteiger partial charge on any atom is 0.119 e. The molecule has 0 saturated heterocycles. The summed E-state index contributed by atoms with van der Waals surface area (Å²) in [6.07, 6.45) is 1.04. The highest BCUT2D eigenvalue weighted by molar-refractivity contribution is 5.31. The lowest BCUT2D eigenvalue weighted by molar-refractivity contribution is 0.213. The Morgan fingerprint density at radius 1 is 1.40 bits per heavy atom. The van der Waals surface area contributed by atoms with E-state index in [-0.39, 0.29) is 6.61 Å². The van der Waals surface area contributed by atoms with E-state index in [4.69, 9.17) is 4.74 Å². The molecule has 0 aliphatic rings. The Labute approximate surface area is 91.9 Å². The van der Waals surface area contributed by atoms with Gasteiger partial charge in [-0.15, -0.1) is 0 Å². The molecular weight excluding hydrogens is 188 g/mol. The van der Waals surface area contributed by atoms with E-state index in [1.54, 1.807) is 7.11 Å². The minimum atomic E-state index is 0.232. The zero-order chi connectivity index (χ0) is 11.3. The molecule has 1 N–H and O–H groups in total. The highest BCUT2D eigenvalue weighted by atomic mass is 16.5. The topological polar surface area (TPSA) is 29.5 Å². The zero-order valence-corrected chi connectivity index (χ0v) is 9.73. The fraction of sp³-hybridized carbons (Fsp3) is 0.538. The van der Waals surface area contributed by atoms with Gasteiger partial charge in [-0.05, 0) is 36.0 Å². The van der Waals surface area contributed by atoms with Crippen molar-refractivity contribution in [1.82, 2.24) is 0 Å². The van der Waals surface area contributed by atoms with Crippen LogP contribution in [0.15, 0.2) is 24.3 Å². The van der Waals surface area contributed by atoms with E-state index >= 15 is 0 Å². The van der Waals surface area contributed by atoms with Gasteiger partial charge in [-0.1, -0.05) is 26.0 Å². The Kier molecular flexibility index (Phi) is 4.63. The summed E-state index contributed by atoms with van der Waals surface area (Å²) in [5.41, 5.74) is 1.25. The molecule has 2 atom stereocenters. The Morgan fingerprint density at radius 2 is 2.13 bits per heavy atom. The summed E-state index contributed by atoms with van der Waals surface area (Å²) in [4.78, 5) is 0. The predicted molar refractivity (Wildman–Crippen MR) is 62.3 cm³/mol. The van der Waals surface area contributed by atoms with Crippen LogP contribution in [-0.2, 0) is 0 Å². The van der Waals surface area contributed by atoms with Crippen LogP contribution in [-0.4, -0.2) is 18.8 Å². The molecule has 84 valence electrons. The normalized spacial score (nSPS) is 14.7.